The van der Waals surface area contributed by atoms with Gasteiger partial charge >= 0.3 is 0 Å². The number of carbonyl (C=O) groups excluding carboxylic acids is 1. The molecule has 1 N–H and O–H groups in total. The van der Waals surface area contributed by atoms with Gasteiger partial charge in [-0.15, -0.1) is 5.10 Å². The molecule has 0 saturated heterocycles. The minimum atomic E-state index is -0.412. The van der Waals surface area contributed by atoms with Crippen LogP contribution in [0.2, 0.25) is 5.02 Å². The fraction of sp³-hybridized carbons (Fsp3) is 0.0690. The quantitative estimate of drug-likeness (QED) is 0.270. The second-order valence-corrected chi connectivity index (χ2v) is 8.80. The van der Waals surface area contributed by atoms with Gasteiger partial charge in [-0.25, -0.2) is 9.67 Å². The number of nitrogens with zero attached hydrogens (tertiary/aromatic N) is 3. The minimum Gasteiger partial charge on any atom is -0.457 e. The maximum Gasteiger partial charge on any atom is 0.295 e. The number of benzene rings is 4. The zero-order valence-corrected chi connectivity index (χ0v) is 20.5. The van der Waals surface area contributed by atoms with Crippen LogP contribution in [0.25, 0.3) is 17.1 Å². The molecule has 0 fully saturated rings. The number of hydrogen-bond donors (Lipinski definition) is 1. The topological polar surface area (TPSA) is 69.0 Å². The Morgan fingerprint density at radius 3 is 2.25 bits per heavy atom. The summed E-state index contributed by atoms with van der Waals surface area (Å²) in [4.78, 5) is 17.7. The molecule has 0 aliphatic heterocycles. The average molecular weight is 495 g/mol. The lowest BCUT2D eigenvalue weighted by Crippen LogP contribution is -2.14. The Labute approximate surface area is 214 Å². The second-order valence-electron chi connectivity index (χ2n) is 8.36. The number of aryl methyl sites for hydroxylation is 2. The van der Waals surface area contributed by atoms with Gasteiger partial charge in [0.05, 0.1) is 5.69 Å². The molecule has 0 saturated carbocycles. The number of carbonyl (C=O) groups is 1. The summed E-state index contributed by atoms with van der Waals surface area (Å²) in [6, 6.07) is 30.0. The molecule has 0 unspecified atom stereocenters. The number of rotatable bonds is 6. The molecule has 1 heterocycles. The zero-order valence-electron chi connectivity index (χ0n) is 19.8. The number of aromatic nitrogens is 3. The Kier molecular flexibility index (Phi) is 6.52. The largest absolute Gasteiger partial charge is 0.457 e. The molecule has 1 aromatic heterocycles. The molecule has 0 bridgehead atoms. The molecule has 178 valence electrons. The molecule has 36 heavy (non-hydrogen) atoms. The SMILES string of the molecule is Cc1ccc(-n2nc(C(=O)Nc3ccc(Oc4ccccc4)cc3)nc2-c2ccc(Cl)cc2)c(C)c1. The Bertz CT molecular complexity index is 1510. The van der Waals surface area contributed by atoms with Crippen molar-refractivity contribution in [2.24, 2.45) is 0 Å². The van der Waals surface area contributed by atoms with E-state index >= 15 is 0 Å². The maximum absolute atomic E-state index is 13.1. The number of ether oxygens (including phenoxy) is 1. The third kappa shape index (κ3) is 5.14. The van der Waals surface area contributed by atoms with Crippen LogP contribution in [0, 0.1) is 13.8 Å². The van der Waals surface area contributed by atoms with Gasteiger partial charge in [-0.3, -0.25) is 4.79 Å². The van der Waals surface area contributed by atoms with E-state index in [9.17, 15) is 4.79 Å². The third-order valence-corrected chi connectivity index (χ3v) is 5.84. The summed E-state index contributed by atoms with van der Waals surface area (Å²) in [5, 5.41) is 8.07. The molecule has 0 spiro atoms. The van der Waals surface area contributed by atoms with Gasteiger partial charge in [-0.2, -0.15) is 0 Å². The molecular weight excluding hydrogens is 472 g/mol. The maximum atomic E-state index is 13.1. The molecule has 4 aromatic carbocycles. The lowest BCUT2D eigenvalue weighted by atomic mass is 10.1. The highest BCUT2D eigenvalue weighted by atomic mass is 35.5. The van der Waals surface area contributed by atoms with Gasteiger partial charge in [-0.05, 0) is 86.1 Å². The first-order valence-electron chi connectivity index (χ1n) is 11.4. The molecule has 0 aliphatic rings. The van der Waals surface area contributed by atoms with Gasteiger partial charge in [0.1, 0.15) is 11.5 Å². The van der Waals surface area contributed by atoms with E-state index in [0.717, 1.165) is 28.1 Å². The smallest absolute Gasteiger partial charge is 0.295 e. The van der Waals surface area contributed by atoms with Crippen molar-refractivity contribution in [1.82, 2.24) is 14.8 Å². The summed E-state index contributed by atoms with van der Waals surface area (Å²) in [6.07, 6.45) is 0. The van der Waals surface area contributed by atoms with Gasteiger partial charge in [0.2, 0.25) is 5.82 Å². The van der Waals surface area contributed by atoms with E-state index in [2.05, 4.69) is 21.5 Å². The van der Waals surface area contributed by atoms with Gasteiger partial charge < -0.3 is 10.1 Å². The Morgan fingerprint density at radius 1 is 0.861 bits per heavy atom. The van der Waals surface area contributed by atoms with Crippen LogP contribution >= 0.6 is 11.6 Å². The lowest BCUT2D eigenvalue weighted by Gasteiger charge is -2.10. The number of para-hydroxylation sites is 1. The fourth-order valence-corrected chi connectivity index (χ4v) is 3.95. The van der Waals surface area contributed by atoms with E-state index in [4.69, 9.17) is 16.3 Å². The molecule has 0 aliphatic carbocycles. The monoisotopic (exact) mass is 494 g/mol. The van der Waals surface area contributed by atoms with E-state index in [1.54, 1.807) is 41.1 Å². The van der Waals surface area contributed by atoms with Crippen LogP contribution in [0.3, 0.4) is 0 Å². The van der Waals surface area contributed by atoms with Crippen LogP contribution in [0.1, 0.15) is 21.7 Å². The summed E-state index contributed by atoms with van der Waals surface area (Å²) >= 11 is 6.09. The minimum absolute atomic E-state index is 0.0598. The highest BCUT2D eigenvalue weighted by Gasteiger charge is 2.20. The summed E-state index contributed by atoms with van der Waals surface area (Å²) in [5.41, 5.74) is 4.42. The zero-order chi connectivity index (χ0) is 25.1. The van der Waals surface area contributed by atoms with Gasteiger partial charge in [0, 0.05) is 16.3 Å². The van der Waals surface area contributed by atoms with Crippen LogP contribution in [0.4, 0.5) is 5.69 Å². The predicted octanol–water partition coefficient (Wildman–Crippen LogP) is 7.25. The van der Waals surface area contributed by atoms with Crippen molar-refractivity contribution >= 4 is 23.2 Å². The Hall–Kier alpha value is -4.42. The molecule has 7 heteroatoms. The average Bonchev–Trinajstić information content (AvgIpc) is 3.32. The Morgan fingerprint density at radius 2 is 1.56 bits per heavy atom. The summed E-state index contributed by atoms with van der Waals surface area (Å²) in [7, 11) is 0. The fourth-order valence-electron chi connectivity index (χ4n) is 3.82. The highest BCUT2D eigenvalue weighted by Crippen LogP contribution is 2.26. The van der Waals surface area contributed by atoms with Crippen LogP contribution in [-0.2, 0) is 0 Å². The van der Waals surface area contributed by atoms with E-state index in [1.165, 1.54) is 0 Å². The van der Waals surface area contributed by atoms with Crippen molar-refractivity contribution < 1.29 is 9.53 Å². The lowest BCUT2D eigenvalue weighted by molar-refractivity contribution is 0.101. The van der Waals surface area contributed by atoms with Crippen molar-refractivity contribution in [3.63, 3.8) is 0 Å². The van der Waals surface area contributed by atoms with Crippen molar-refractivity contribution in [2.45, 2.75) is 13.8 Å². The molecule has 5 rings (SSSR count). The van der Waals surface area contributed by atoms with Gasteiger partial charge in [-0.1, -0.05) is 47.5 Å². The predicted molar refractivity (Wildman–Crippen MR) is 142 cm³/mol. The molecule has 6 nitrogen and oxygen atoms in total. The van der Waals surface area contributed by atoms with E-state index in [-0.39, 0.29) is 5.82 Å². The first-order valence-corrected chi connectivity index (χ1v) is 11.8. The summed E-state index contributed by atoms with van der Waals surface area (Å²) < 4.78 is 7.52. The molecule has 0 atom stereocenters. The van der Waals surface area contributed by atoms with Gasteiger partial charge in [0.15, 0.2) is 5.82 Å². The van der Waals surface area contributed by atoms with Crippen molar-refractivity contribution in [1.29, 1.82) is 0 Å². The summed E-state index contributed by atoms with van der Waals surface area (Å²) in [6.45, 7) is 4.04. The van der Waals surface area contributed by atoms with Crippen LogP contribution < -0.4 is 10.1 Å². The molecular formula is C29H23ClN4O2. The number of halogens is 1. The first-order chi connectivity index (χ1) is 17.5. The highest BCUT2D eigenvalue weighted by molar-refractivity contribution is 6.30. The number of nitrogens with one attached hydrogen (secondary N) is 1. The van der Waals surface area contributed by atoms with Crippen LogP contribution in [0.5, 0.6) is 11.5 Å². The van der Waals surface area contributed by atoms with E-state index in [1.807, 2.05) is 68.4 Å². The van der Waals surface area contributed by atoms with Crippen LogP contribution in [0.15, 0.2) is 97.1 Å². The van der Waals surface area contributed by atoms with Crippen molar-refractivity contribution in [2.75, 3.05) is 5.32 Å². The third-order valence-electron chi connectivity index (χ3n) is 5.58. The van der Waals surface area contributed by atoms with Crippen molar-refractivity contribution in [3.05, 3.63) is 119 Å². The molecule has 5 aromatic rings. The normalized spacial score (nSPS) is 10.8. The Balaban J connectivity index is 1.42. The molecule has 0 radical (unpaired) electrons. The first kappa shape index (κ1) is 23.3. The number of anilines is 1. The standard InChI is InChI=1S/C29H23ClN4O2/c1-19-8-17-26(20(2)18-19)34-28(21-9-11-22(30)12-10-21)32-27(33-34)29(35)31-23-13-15-25(16-14-23)36-24-6-4-3-5-7-24/h3-18H,1-2H3,(H,31,35). The van der Waals surface area contributed by atoms with E-state index in [0.29, 0.717) is 22.3 Å². The molecule has 1 amide bonds. The van der Waals surface area contributed by atoms with Crippen LogP contribution in [-0.4, -0.2) is 20.7 Å². The van der Waals surface area contributed by atoms with Crippen molar-refractivity contribution in [3.8, 4) is 28.6 Å². The van der Waals surface area contributed by atoms with E-state index < -0.39 is 5.91 Å². The number of hydrogen-bond acceptors (Lipinski definition) is 4. The number of amides is 1. The van der Waals surface area contributed by atoms with Gasteiger partial charge in [0.25, 0.3) is 5.91 Å². The summed E-state index contributed by atoms with van der Waals surface area (Å²) in [5.74, 6) is 1.61. The second kappa shape index (κ2) is 10.1.